The number of hydrogen-bond acceptors (Lipinski definition) is 2. The smallest absolute Gasteiger partial charge is 0.164 e. The van der Waals surface area contributed by atoms with Gasteiger partial charge in [-0.15, -0.1) is 0 Å². The number of hydrogen-bond donors (Lipinski definition) is 1. The average Bonchev–Trinajstić information content (AvgIpc) is 2.19. The van der Waals surface area contributed by atoms with Gasteiger partial charge in [-0.05, 0) is 5.56 Å². The highest BCUT2D eigenvalue weighted by atomic mass is 19.1. The van der Waals surface area contributed by atoms with Crippen LogP contribution in [0.2, 0.25) is 0 Å². The van der Waals surface area contributed by atoms with Crippen molar-refractivity contribution < 1.29 is 4.39 Å². The molecule has 3 heteroatoms. The molecule has 1 fully saturated rings. The van der Waals surface area contributed by atoms with Crippen LogP contribution in [0.4, 0.5) is 4.39 Å². The van der Waals surface area contributed by atoms with Gasteiger partial charge in [0.25, 0.3) is 0 Å². The summed E-state index contributed by atoms with van der Waals surface area (Å²) in [4.78, 5) is 2.14. The molecule has 0 saturated carbocycles. The van der Waals surface area contributed by atoms with Gasteiger partial charge < -0.3 is 0 Å². The number of benzene rings is 1. The van der Waals surface area contributed by atoms with Gasteiger partial charge in [0.2, 0.25) is 0 Å². The largest absolute Gasteiger partial charge is 0.294 e. The number of rotatable bonds is 2. The molecular formula is C11H15FN2. The van der Waals surface area contributed by atoms with E-state index in [1.165, 1.54) is 5.56 Å². The Morgan fingerprint density at radius 1 is 1.36 bits per heavy atom. The van der Waals surface area contributed by atoms with Crippen LogP contribution in [0.1, 0.15) is 5.56 Å². The van der Waals surface area contributed by atoms with Crippen LogP contribution in [0.25, 0.3) is 0 Å². The number of alkyl halides is 1. The predicted octanol–water partition coefficient (Wildman–Crippen LogP) is 1.39. The van der Waals surface area contributed by atoms with E-state index in [2.05, 4.69) is 22.3 Å². The first-order valence-corrected chi connectivity index (χ1v) is 4.98. The summed E-state index contributed by atoms with van der Waals surface area (Å²) in [5.74, 6) is 0. The van der Waals surface area contributed by atoms with Gasteiger partial charge in [0.15, 0.2) is 6.30 Å². The third-order valence-electron chi connectivity index (χ3n) is 2.46. The molecule has 0 aromatic heterocycles. The van der Waals surface area contributed by atoms with Crippen molar-refractivity contribution in [2.24, 2.45) is 0 Å². The Bertz CT molecular complexity index is 276. The van der Waals surface area contributed by atoms with Crippen LogP contribution in [-0.4, -0.2) is 30.8 Å². The van der Waals surface area contributed by atoms with E-state index in [-0.39, 0.29) is 0 Å². The van der Waals surface area contributed by atoms with Crippen molar-refractivity contribution >= 4 is 0 Å². The van der Waals surface area contributed by atoms with Crippen LogP contribution >= 0.6 is 0 Å². The molecule has 0 spiro atoms. The third-order valence-corrected chi connectivity index (χ3v) is 2.46. The molecule has 2 nitrogen and oxygen atoms in total. The minimum atomic E-state index is -0.868. The predicted molar refractivity (Wildman–Crippen MR) is 54.6 cm³/mol. The summed E-state index contributed by atoms with van der Waals surface area (Å²) in [6.07, 6.45) is -0.868. The van der Waals surface area contributed by atoms with E-state index >= 15 is 0 Å². The van der Waals surface area contributed by atoms with Gasteiger partial charge in [0.1, 0.15) is 0 Å². The topological polar surface area (TPSA) is 15.3 Å². The molecule has 1 aliphatic rings. The van der Waals surface area contributed by atoms with Gasteiger partial charge in [-0.2, -0.15) is 0 Å². The van der Waals surface area contributed by atoms with Crippen LogP contribution in [0.15, 0.2) is 30.3 Å². The number of nitrogens with one attached hydrogen (secondary N) is 1. The summed E-state index contributed by atoms with van der Waals surface area (Å²) in [6.45, 7) is 3.02. The molecule has 1 unspecified atom stereocenters. The molecule has 2 rings (SSSR count). The maximum Gasteiger partial charge on any atom is 0.164 e. The van der Waals surface area contributed by atoms with Crippen molar-refractivity contribution in [1.82, 2.24) is 10.2 Å². The van der Waals surface area contributed by atoms with Gasteiger partial charge >= 0.3 is 0 Å². The van der Waals surface area contributed by atoms with Gasteiger partial charge in [-0.25, -0.2) is 4.39 Å². The molecule has 14 heavy (non-hydrogen) atoms. The first kappa shape index (κ1) is 9.62. The summed E-state index contributed by atoms with van der Waals surface area (Å²) in [7, 11) is 0. The van der Waals surface area contributed by atoms with Crippen LogP contribution in [0.5, 0.6) is 0 Å². The lowest BCUT2D eigenvalue weighted by Gasteiger charge is -2.29. The molecular weight excluding hydrogens is 179 g/mol. The van der Waals surface area contributed by atoms with Crippen LogP contribution in [0, 0.1) is 0 Å². The van der Waals surface area contributed by atoms with Crippen molar-refractivity contribution in [3.63, 3.8) is 0 Å². The van der Waals surface area contributed by atoms with E-state index in [4.69, 9.17) is 0 Å². The second kappa shape index (κ2) is 4.53. The highest BCUT2D eigenvalue weighted by Crippen LogP contribution is 2.07. The number of halogens is 1. The zero-order valence-corrected chi connectivity index (χ0v) is 8.12. The maximum absolute atomic E-state index is 13.0. The van der Waals surface area contributed by atoms with E-state index in [0.29, 0.717) is 6.54 Å². The lowest BCUT2D eigenvalue weighted by Crippen LogP contribution is -2.47. The molecule has 76 valence electrons. The molecule has 0 radical (unpaired) electrons. The van der Waals surface area contributed by atoms with Crippen LogP contribution in [-0.2, 0) is 6.54 Å². The van der Waals surface area contributed by atoms with E-state index in [9.17, 15) is 4.39 Å². The SMILES string of the molecule is FC1CN(Cc2ccccc2)CCN1. The standard InChI is InChI=1S/C11H15FN2/c12-11-9-14(7-6-13-11)8-10-4-2-1-3-5-10/h1-5,11,13H,6-9H2. The summed E-state index contributed by atoms with van der Waals surface area (Å²) in [5, 5.41) is 2.79. The molecule has 0 aliphatic carbocycles. The Kier molecular flexibility index (Phi) is 3.11. The molecule has 1 aromatic rings. The van der Waals surface area contributed by atoms with E-state index < -0.39 is 6.30 Å². The molecule has 0 amide bonds. The van der Waals surface area contributed by atoms with Crippen molar-refractivity contribution in [3.8, 4) is 0 Å². The molecule has 1 aliphatic heterocycles. The maximum atomic E-state index is 13.0. The second-order valence-corrected chi connectivity index (χ2v) is 3.64. The monoisotopic (exact) mass is 194 g/mol. The van der Waals surface area contributed by atoms with Crippen molar-refractivity contribution in [3.05, 3.63) is 35.9 Å². The molecule has 1 atom stereocenters. The first-order chi connectivity index (χ1) is 6.84. The summed E-state index contributed by atoms with van der Waals surface area (Å²) < 4.78 is 13.0. The van der Waals surface area contributed by atoms with E-state index in [1.807, 2.05) is 18.2 Å². The van der Waals surface area contributed by atoms with Gasteiger partial charge in [-0.1, -0.05) is 30.3 Å². The summed E-state index contributed by atoms with van der Waals surface area (Å²) in [5.41, 5.74) is 1.25. The molecule has 1 heterocycles. The normalized spacial score (nSPS) is 23.6. The van der Waals surface area contributed by atoms with Crippen LogP contribution < -0.4 is 5.32 Å². The van der Waals surface area contributed by atoms with E-state index in [1.54, 1.807) is 0 Å². The number of piperazine rings is 1. The second-order valence-electron chi connectivity index (χ2n) is 3.64. The minimum Gasteiger partial charge on any atom is -0.294 e. The van der Waals surface area contributed by atoms with Gasteiger partial charge in [0, 0.05) is 26.2 Å². The lowest BCUT2D eigenvalue weighted by atomic mass is 10.2. The van der Waals surface area contributed by atoms with Gasteiger partial charge in [0.05, 0.1) is 0 Å². The Morgan fingerprint density at radius 3 is 2.86 bits per heavy atom. The number of nitrogens with zero attached hydrogens (tertiary/aromatic N) is 1. The van der Waals surface area contributed by atoms with Crippen molar-refractivity contribution in [2.75, 3.05) is 19.6 Å². The Morgan fingerprint density at radius 2 is 2.14 bits per heavy atom. The molecule has 1 saturated heterocycles. The summed E-state index contributed by atoms with van der Waals surface area (Å²) in [6, 6.07) is 10.2. The first-order valence-electron chi connectivity index (χ1n) is 4.98. The Hall–Kier alpha value is -0.930. The van der Waals surface area contributed by atoms with Crippen molar-refractivity contribution in [1.29, 1.82) is 0 Å². The Labute approximate surface area is 83.7 Å². The molecule has 1 aromatic carbocycles. The Balaban J connectivity index is 1.91. The van der Waals surface area contributed by atoms with E-state index in [0.717, 1.165) is 19.6 Å². The lowest BCUT2D eigenvalue weighted by molar-refractivity contribution is 0.119. The van der Waals surface area contributed by atoms with Crippen molar-refractivity contribution in [2.45, 2.75) is 12.8 Å². The quantitative estimate of drug-likeness (QED) is 0.716. The fourth-order valence-electron chi connectivity index (χ4n) is 1.75. The summed E-state index contributed by atoms with van der Waals surface area (Å²) >= 11 is 0. The minimum absolute atomic E-state index is 0.495. The van der Waals surface area contributed by atoms with Crippen LogP contribution in [0.3, 0.4) is 0 Å². The molecule has 1 N–H and O–H groups in total. The fraction of sp³-hybridized carbons (Fsp3) is 0.455. The molecule has 0 bridgehead atoms. The zero-order chi connectivity index (χ0) is 9.80. The highest BCUT2D eigenvalue weighted by Gasteiger charge is 2.17. The zero-order valence-electron chi connectivity index (χ0n) is 8.12. The third kappa shape index (κ3) is 2.53. The fourth-order valence-corrected chi connectivity index (χ4v) is 1.75. The highest BCUT2D eigenvalue weighted by molar-refractivity contribution is 5.14. The average molecular weight is 194 g/mol. The van der Waals surface area contributed by atoms with Gasteiger partial charge in [-0.3, -0.25) is 10.2 Å².